The van der Waals surface area contributed by atoms with Gasteiger partial charge in [-0.1, -0.05) is 26.0 Å². The topological polar surface area (TPSA) is 183 Å². The summed E-state index contributed by atoms with van der Waals surface area (Å²) >= 11 is 0. The van der Waals surface area contributed by atoms with E-state index in [9.17, 15) is 34.8 Å². The van der Waals surface area contributed by atoms with E-state index in [-0.39, 0.29) is 35.8 Å². The molecule has 7 N–H and O–H groups in total. The molecule has 43 heavy (non-hydrogen) atoms. The predicted octanol–water partition coefficient (Wildman–Crippen LogP) is 2.14. The first-order valence-corrected chi connectivity index (χ1v) is 14.1. The van der Waals surface area contributed by atoms with Crippen LogP contribution >= 0.6 is 0 Å². The molecule has 0 aliphatic heterocycles. The number of aromatic hydroxyl groups is 1. The predicted molar refractivity (Wildman–Crippen MR) is 158 cm³/mol. The third-order valence-electron chi connectivity index (χ3n) is 8.87. The number of hydrogen-bond acceptors (Lipinski definition) is 10. The van der Waals surface area contributed by atoms with E-state index in [0.29, 0.717) is 23.4 Å². The summed E-state index contributed by atoms with van der Waals surface area (Å²) in [6.07, 6.45) is 0.187. The lowest BCUT2D eigenvalue weighted by atomic mass is 9.57. The number of phenols is 1. The number of fused-ring (bicyclic) bond motifs is 3. The number of primary amides is 1. The number of methoxy groups -OCH3 is 1. The van der Waals surface area contributed by atoms with E-state index >= 15 is 0 Å². The minimum Gasteiger partial charge on any atom is -0.508 e. The number of ketones is 2. The molecule has 11 heteroatoms. The highest BCUT2D eigenvalue weighted by Crippen LogP contribution is 2.54. The lowest BCUT2D eigenvalue weighted by Crippen LogP contribution is -2.65. The Labute approximate surface area is 249 Å². The van der Waals surface area contributed by atoms with Crippen LogP contribution in [0.4, 0.5) is 0 Å². The number of aliphatic hydroxyl groups is 3. The summed E-state index contributed by atoms with van der Waals surface area (Å²) in [5.41, 5.74) is 4.66. The molecule has 2 aromatic rings. The van der Waals surface area contributed by atoms with Crippen molar-refractivity contribution in [3.05, 3.63) is 63.9 Å². The smallest absolute Gasteiger partial charge is 0.255 e. The zero-order valence-corrected chi connectivity index (χ0v) is 24.8. The molecule has 0 heterocycles. The summed E-state index contributed by atoms with van der Waals surface area (Å²) in [6, 6.07) is 8.03. The van der Waals surface area contributed by atoms with Gasteiger partial charge in [0.2, 0.25) is 5.78 Å². The highest BCUT2D eigenvalue weighted by atomic mass is 16.5. The Balaban J connectivity index is 1.70. The molecule has 5 rings (SSSR count). The lowest BCUT2D eigenvalue weighted by Gasteiger charge is -2.50. The standard InChI is InChI=1S/C32H37N3O8/c1-14(2)34-13-15-6-9-22(43-5)18(10-15)17-7-8-21(36)24-19(17)11-16-12-20-26(35(3)4)28(38)25(31(33)41)30(40)32(20,42)29(39)23(16)27(24)37/h6-10,14,16,20,26,34,36-37,40,42H,11-13H2,1-5H3,(H2,33,41)/t16-,20-,26-,32-/m0/s1. The van der Waals surface area contributed by atoms with Gasteiger partial charge >= 0.3 is 0 Å². The van der Waals surface area contributed by atoms with Crippen LogP contribution in [0.2, 0.25) is 0 Å². The van der Waals surface area contributed by atoms with Gasteiger partial charge in [0.25, 0.3) is 5.91 Å². The van der Waals surface area contributed by atoms with Crippen molar-refractivity contribution in [2.24, 2.45) is 17.6 Å². The average molecular weight is 592 g/mol. The number of Topliss-reactive ketones (excluding diaryl/α,β-unsaturated/α-hetero) is 2. The number of amides is 1. The number of phenolic OH excluding ortho intramolecular Hbond substituents is 1. The minimum absolute atomic E-state index is 0.0103. The van der Waals surface area contributed by atoms with E-state index in [1.807, 2.05) is 32.0 Å². The second kappa shape index (κ2) is 10.8. The van der Waals surface area contributed by atoms with E-state index in [1.165, 1.54) is 11.0 Å². The second-order valence-electron chi connectivity index (χ2n) is 12.0. The van der Waals surface area contributed by atoms with Crippen LogP contribution in [0.25, 0.3) is 16.9 Å². The van der Waals surface area contributed by atoms with E-state index in [4.69, 9.17) is 10.5 Å². The molecular weight excluding hydrogens is 554 g/mol. The number of nitrogens with two attached hydrogens (primary N) is 1. The first-order valence-electron chi connectivity index (χ1n) is 14.1. The summed E-state index contributed by atoms with van der Waals surface area (Å²) in [5, 5.41) is 48.7. The molecule has 0 radical (unpaired) electrons. The summed E-state index contributed by atoms with van der Waals surface area (Å²) in [4.78, 5) is 41.1. The molecule has 0 unspecified atom stereocenters. The molecule has 1 fully saturated rings. The largest absolute Gasteiger partial charge is 0.508 e. The molecule has 0 saturated heterocycles. The van der Waals surface area contributed by atoms with Crippen LogP contribution in [-0.2, 0) is 27.3 Å². The number of carbonyl (C=O) groups is 3. The summed E-state index contributed by atoms with van der Waals surface area (Å²) in [5.74, 6) is -6.28. The van der Waals surface area contributed by atoms with E-state index < -0.39 is 58.0 Å². The number of likely N-dealkylation sites (N-methyl/N-ethyl adjacent to an activating group) is 1. The van der Waals surface area contributed by atoms with Crippen molar-refractivity contribution in [3.8, 4) is 22.6 Å². The highest BCUT2D eigenvalue weighted by molar-refractivity contribution is 6.24. The van der Waals surface area contributed by atoms with Crippen molar-refractivity contribution in [2.75, 3.05) is 21.2 Å². The van der Waals surface area contributed by atoms with Gasteiger partial charge in [-0.25, -0.2) is 0 Å². The molecule has 0 spiro atoms. The maximum absolute atomic E-state index is 14.1. The number of nitrogens with one attached hydrogen (secondary N) is 1. The normalized spacial score (nSPS) is 25.2. The molecule has 4 atom stereocenters. The number of aliphatic hydroxyl groups excluding tert-OH is 2. The Morgan fingerprint density at radius 3 is 2.44 bits per heavy atom. The molecule has 0 aromatic heterocycles. The fraction of sp³-hybridized carbons (Fsp3) is 0.406. The summed E-state index contributed by atoms with van der Waals surface area (Å²) in [6.45, 7) is 4.70. The van der Waals surface area contributed by atoms with Gasteiger partial charge in [-0.05, 0) is 67.7 Å². The van der Waals surface area contributed by atoms with Crippen molar-refractivity contribution in [2.45, 2.75) is 50.9 Å². The van der Waals surface area contributed by atoms with Crippen molar-refractivity contribution in [3.63, 3.8) is 0 Å². The van der Waals surface area contributed by atoms with Gasteiger partial charge in [0.1, 0.15) is 28.6 Å². The Morgan fingerprint density at radius 2 is 1.84 bits per heavy atom. The third-order valence-corrected chi connectivity index (χ3v) is 8.87. The van der Waals surface area contributed by atoms with Gasteiger partial charge in [-0.15, -0.1) is 0 Å². The quantitative estimate of drug-likeness (QED) is 0.261. The Kier molecular flexibility index (Phi) is 7.62. The molecule has 3 aliphatic rings. The number of carbonyl (C=O) groups excluding carboxylic acids is 3. The van der Waals surface area contributed by atoms with Gasteiger partial charge in [0, 0.05) is 29.6 Å². The monoisotopic (exact) mass is 591 g/mol. The number of benzene rings is 2. The number of rotatable bonds is 7. The van der Waals surface area contributed by atoms with Crippen LogP contribution in [0, 0.1) is 11.8 Å². The van der Waals surface area contributed by atoms with Crippen molar-refractivity contribution in [1.82, 2.24) is 10.2 Å². The maximum Gasteiger partial charge on any atom is 0.255 e. The number of ether oxygens (including phenoxy) is 1. The van der Waals surface area contributed by atoms with Crippen molar-refractivity contribution >= 4 is 23.2 Å². The first kappa shape index (κ1) is 30.3. The van der Waals surface area contributed by atoms with Crippen LogP contribution < -0.4 is 15.8 Å². The van der Waals surface area contributed by atoms with Gasteiger partial charge in [-0.3, -0.25) is 19.3 Å². The van der Waals surface area contributed by atoms with Crippen molar-refractivity contribution < 1.29 is 39.5 Å². The Hall–Kier alpha value is -4.19. The van der Waals surface area contributed by atoms with E-state index in [1.54, 1.807) is 27.3 Å². The third kappa shape index (κ3) is 4.59. The van der Waals surface area contributed by atoms with Crippen LogP contribution in [0.3, 0.4) is 0 Å². The second-order valence-corrected chi connectivity index (χ2v) is 12.0. The van der Waals surface area contributed by atoms with Gasteiger partial charge in [0.15, 0.2) is 11.4 Å². The fourth-order valence-electron chi connectivity index (χ4n) is 6.89. The first-order chi connectivity index (χ1) is 20.2. The Bertz CT molecular complexity index is 1610. The summed E-state index contributed by atoms with van der Waals surface area (Å²) in [7, 11) is 4.68. The fourth-order valence-corrected chi connectivity index (χ4v) is 6.89. The molecule has 2 aromatic carbocycles. The highest BCUT2D eigenvalue weighted by Gasteiger charge is 2.64. The SMILES string of the molecule is COc1ccc(CNC(C)C)cc1-c1ccc(O)c2c1C[C@H]1C[C@H]3[C@H](N(C)C)C(=O)C(C(N)=O)=C(O)[C@@]3(O)C(=O)C1=C2O. The van der Waals surface area contributed by atoms with Crippen LogP contribution in [0.1, 0.15) is 37.0 Å². The molecule has 11 nitrogen and oxygen atoms in total. The van der Waals surface area contributed by atoms with Crippen LogP contribution in [0.15, 0.2) is 47.2 Å². The molecule has 1 amide bonds. The van der Waals surface area contributed by atoms with Gasteiger partial charge < -0.3 is 36.2 Å². The molecule has 0 bridgehead atoms. The maximum atomic E-state index is 14.1. The molecule has 228 valence electrons. The lowest BCUT2D eigenvalue weighted by molar-refractivity contribution is -0.153. The molecule has 3 aliphatic carbocycles. The zero-order valence-electron chi connectivity index (χ0n) is 24.8. The molecule has 1 saturated carbocycles. The van der Waals surface area contributed by atoms with Crippen molar-refractivity contribution in [1.29, 1.82) is 0 Å². The average Bonchev–Trinajstić information content (AvgIpc) is 2.93. The minimum atomic E-state index is -2.68. The summed E-state index contributed by atoms with van der Waals surface area (Å²) < 4.78 is 5.67. The zero-order chi connectivity index (χ0) is 31.5. The van der Waals surface area contributed by atoms with Crippen LogP contribution in [-0.4, -0.2) is 81.7 Å². The van der Waals surface area contributed by atoms with E-state index in [2.05, 4.69) is 5.32 Å². The van der Waals surface area contributed by atoms with E-state index in [0.717, 1.165) is 11.1 Å². The van der Waals surface area contributed by atoms with Crippen LogP contribution in [0.5, 0.6) is 11.5 Å². The number of hydrogen-bond donors (Lipinski definition) is 6. The number of nitrogens with zero attached hydrogens (tertiary/aromatic N) is 1. The van der Waals surface area contributed by atoms with Gasteiger partial charge in [0.05, 0.1) is 18.7 Å². The Morgan fingerprint density at radius 1 is 1.14 bits per heavy atom. The van der Waals surface area contributed by atoms with Gasteiger partial charge in [-0.2, -0.15) is 0 Å². The molecular formula is C32H37N3O8.